The molecule has 2 aromatic rings. The van der Waals surface area contributed by atoms with Crippen LogP contribution in [0.4, 0.5) is 5.69 Å². The van der Waals surface area contributed by atoms with Gasteiger partial charge in [-0.3, -0.25) is 9.11 Å². The molecule has 0 saturated carbocycles. The first-order valence-corrected chi connectivity index (χ1v) is 7.96. The predicted molar refractivity (Wildman–Crippen MR) is 71.4 cm³/mol. The monoisotopic (exact) mass is 331 g/mol. The van der Waals surface area contributed by atoms with E-state index in [9.17, 15) is 16.8 Å². The number of benzene rings is 2. The summed E-state index contributed by atoms with van der Waals surface area (Å²) in [6.45, 7) is 0. The van der Waals surface area contributed by atoms with Gasteiger partial charge in [0.2, 0.25) is 0 Å². The van der Waals surface area contributed by atoms with E-state index in [0.29, 0.717) is 0 Å². The number of nitrogen functional groups attached to an aromatic ring is 1. The van der Waals surface area contributed by atoms with Crippen LogP contribution in [-0.4, -0.2) is 25.9 Å². The Balaban J connectivity index is 0.00000106. The minimum atomic E-state index is -4.62. The minimum absolute atomic E-state index is 0.0492. The van der Waals surface area contributed by atoms with Gasteiger partial charge in [-0.1, -0.05) is 18.2 Å². The normalized spacial score (nSPS) is 11.6. The molecule has 0 spiro atoms. The van der Waals surface area contributed by atoms with Crippen molar-refractivity contribution in [2.45, 2.75) is 9.79 Å². The van der Waals surface area contributed by atoms with Crippen molar-refractivity contribution in [1.82, 2.24) is 0 Å². The lowest BCUT2D eigenvalue weighted by molar-refractivity contribution is 0.481. The standard InChI is InChI=1S/C10H9NO6S2.N2/c11-8-5-4-6-7(10(8)19(15,16)17)2-1-3-9(6)18(12,13)14;1-2/h1-5H,11H2,(H,12,13,14)(H,15,16,17);. The summed E-state index contributed by atoms with van der Waals surface area (Å²) in [5.74, 6) is 0. The first-order valence-electron chi connectivity index (χ1n) is 5.08. The van der Waals surface area contributed by atoms with Crippen LogP contribution in [0, 0.1) is 10.8 Å². The van der Waals surface area contributed by atoms with Crippen LogP contribution in [-0.2, 0) is 20.2 Å². The van der Waals surface area contributed by atoms with Crippen molar-refractivity contribution in [3.8, 4) is 0 Å². The van der Waals surface area contributed by atoms with Crippen LogP contribution in [0.1, 0.15) is 0 Å². The number of fused-ring (bicyclic) bond motifs is 1. The smallest absolute Gasteiger partial charge is 0.297 e. The van der Waals surface area contributed by atoms with Crippen molar-refractivity contribution in [3.05, 3.63) is 30.3 Å². The lowest BCUT2D eigenvalue weighted by Gasteiger charge is -2.09. The van der Waals surface area contributed by atoms with Gasteiger partial charge in [0.1, 0.15) is 9.79 Å². The van der Waals surface area contributed by atoms with Gasteiger partial charge in [0.25, 0.3) is 20.2 Å². The maximum atomic E-state index is 11.3. The van der Waals surface area contributed by atoms with E-state index in [1.165, 1.54) is 18.2 Å². The van der Waals surface area contributed by atoms with Crippen LogP contribution in [0.15, 0.2) is 40.1 Å². The van der Waals surface area contributed by atoms with Crippen molar-refractivity contribution in [3.63, 3.8) is 0 Å². The maximum Gasteiger partial charge on any atom is 0.297 e. The second-order valence-corrected chi connectivity index (χ2v) is 6.53. The summed E-state index contributed by atoms with van der Waals surface area (Å²) >= 11 is 0. The first kappa shape index (κ1) is 16.8. The lowest BCUT2D eigenvalue weighted by Crippen LogP contribution is -2.06. The summed E-state index contributed by atoms with van der Waals surface area (Å²) in [5.41, 5.74) is 5.26. The highest BCUT2D eigenvalue weighted by Gasteiger charge is 2.21. The molecule has 0 aliphatic heterocycles. The van der Waals surface area contributed by atoms with E-state index >= 15 is 0 Å². The average Bonchev–Trinajstić information content (AvgIpc) is 2.37. The van der Waals surface area contributed by atoms with E-state index in [-0.39, 0.29) is 16.5 Å². The Bertz CT molecular complexity index is 918. The molecule has 0 amide bonds. The van der Waals surface area contributed by atoms with Crippen LogP contribution in [0.2, 0.25) is 0 Å². The van der Waals surface area contributed by atoms with E-state index in [1.807, 2.05) is 0 Å². The third-order valence-corrected chi connectivity index (χ3v) is 4.42. The summed E-state index contributed by atoms with van der Waals surface area (Å²) in [6, 6.07) is 6.02. The minimum Gasteiger partial charge on any atom is -0.398 e. The molecule has 0 saturated heterocycles. The van der Waals surface area contributed by atoms with Gasteiger partial charge in [-0.2, -0.15) is 16.8 Å². The molecule has 0 aliphatic carbocycles. The Morgan fingerprint density at radius 2 is 1.43 bits per heavy atom. The zero-order chi connectivity index (χ0) is 16.4. The Morgan fingerprint density at radius 1 is 0.857 bits per heavy atom. The van der Waals surface area contributed by atoms with E-state index in [4.69, 9.17) is 25.6 Å². The van der Waals surface area contributed by atoms with Gasteiger partial charge in [0.05, 0.1) is 5.69 Å². The number of nitrogens with two attached hydrogens (primary N) is 1. The summed E-state index contributed by atoms with van der Waals surface area (Å²) < 4.78 is 63.2. The Labute approximate surface area is 119 Å². The largest absolute Gasteiger partial charge is 0.398 e. The van der Waals surface area contributed by atoms with E-state index < -0.39 is 30.0 Å². The second-order valence-electron chi connectivity index (χ2n) is 3.79. The van der Waals surface area contributed by atoms with Crippen molar-refractivity contribution in [2.24, 2.45) is 0 Å². The van der Waals surface area contributed by atoms with E-state index in [1.54, 1.807) is 0 Å². The van der Waals surface area contributed by atoms with E-state index in [0.717, 1.165) is 12.1 Å². The fraction of sp³-hybridized carbons (Fsp3) is 0. The molecule has 2 rings (SSSR count). The molecular formula is C10H9N3O6S2. The summed E-state index contributed by atoms with van der Waals surface area (Å²) in [6.07, 6.45) is 0. The van der Waals surface area contributed by atoms with Gasteiger partial charge >= 0.3 is 0 Å². The molecule has 11 heteroatoms. The Kier molecular flexibility index (Phi) is 4.49. The lowest BCUT2D eigenvalue weighted by atomic mass is 10.1. The van der Waals surface area contributed by atoms with E-state index in [2.05, 4.69) is 0 Å². The average molecular weight is 331 g/mol. The maximum absolute atomic E-state index is 11.3. The molecule has 2 aromatic carbocycles. The zero-order valence-electron chi connectivity index (χ0n) is 10.2. The van der Waals surface area contributed by atoms with Gasteiger partial charge in [0, 0.05) is 21.6 Å². The zero-order valence-corrected chi connectivity index (χ0v) is 11.8. The number of hydrogen-bond donors (Lipinski definition) is 3. The van der Waals surface area contributed by atoms with Crippen LogP contribution in [0.25, 0.3) is 10.8 Å². The van der Waals surface area contributed by atoms with Crippen LogP contribution in [0.3, 0.4) is 0 Å². The van der Waals surface area contributed by atoms with Gasteiger partial charge in [0.15, 0.2) is 0 Å². The second kappa shape index (κ2) is 5.62. The van der Waals surface area contributed by atoms with Crippen LogP contribution < -0.4 is 5.73 Å². The summed E-state index contributed by atoms with van der Waals surface area (Å²) in [4.78, 5) is -1.05. The Hall–Kier alpha value is -2.26. The molecule has 0 bridgehead atoms. The van der Waals surface area contributed by atoms with Crippen LogP contribution >= 0.6 is 0 Å². The van der Waals surface area contributed by atoms with Gasteiger partial charge in [-0.25, -0.2) is 0 Å². The van der Waals surface area contributed by atoms with Crippen molar-refractivity contribution in [2.75, 3.05) is 5.73 Å². The summed E-state index contributed by atoms with van der Waals surface area (Å²) in [7, 11) is -9.15. The van der Waals surface area contributed by atoms with Gasteiger partial charge in [-0.05, 0) is 12.1 Å². The number of hydrogen-bond acceptors (Lipinski definition) is 7. The summed E-state index contributed by atoms with van der Waals surface area (Å²) in [5, 5.41) is 11.9. The number of rotatable bonds is 2. The fourth-order valence-electron chi connectivity index (χ4n) is 1.83. The predicted octanol–water partition coefficient (Wildman–Crippen LogP) is 0.946. The van der Waals surface area contributed by atoms with Crippen molar-refractivity contribution >= 4 is 36.7 Å². The molecule has 0 radical (unpaired) electrons. The molecule has 0 atom stereocenters. The van der Waals surface area contributed by atoms with Crippen molar-refractivity contribution in [1.29, 1.82) is 10.8 Å². The highest BCUT2D eigenvalue weighted by Crippen LogP contribution is 2.32. The molecule has 4 N–H and O–H groups in total. The molecule has 0 unspecified atom stereocenters. The molecule has 0 heterocycles. The van der Waals surface area contributed by atoms with Crippen LogP contribution in [0.5, 0.6) is 0 Å². The highest BCUT2D eigenvalue weighted by molar-refractivity contribution is 7.86. The molecule has 0 aliphatic rings. The Morgan fingerprint density at radius 3 is 1.90 bits per heavy atom. The topological polar surface area (TPSA) is 182 Å². The molecule has 112 valence electrons. The molecule has 9 nitrogen and oxygen atoms in total. The molecular weight excluding hydrogens is 322 g/mol. The molecule has 0 aromatic heterocycles. The fourth-order valence-corrected chi connectivity index (χ4v) is 3.36. The number of anilines is 1. The number of nitrogens with zero attached hydrogens (tertiary/aromatic N) is 2. The molecule has 0 fully saturated rings. The third kappa shape index (κ3) is 3.26. The SMILES string of the molecule is N#N.Nc1ccc2c(S(=O)(=O)O)cccc2c1S(=O)(=O)O. The third-order valence-electron chi connectivity index (χ3n) is 2.54. The highest BCUT2D eigenvalue weighted by atomic mass is 32.2. The van der Waals surface area contributed by atoms with Crippen molar-refractivity contribution < 1.29 is 25.9 Å². The molecule has 21 heavy (non-hydrogen) atoms. The van der Waals surface area contributed by atoms with Gasteiger partial charge in [-0.15, -0.1) is 0 Å². The first-order chi connectivity index (χ1) is 9.62. The van der Waals surface area contributed by atoms with Gasteiger partial charge < -0.3 is 5.73 Å². The quantitative estimate of drug-likeness (QED) is 0.409.